The maximum Gasteiger partial charge on any atom is 0.154 e. The zero-order valence-corrected chi connectivity index (χ0v) is 17.9. The molecule has 0 saturated heterocycles. The van der Waals surface area contributed by atoms with E-state index < -0.39 is 0 Å². The highest BCUT2D eigenvalue weighted by Gasteiger charge is 2.20. The third kappa shape index (κ3) is 11.8. The van der Waals surface area contributed by atoms with Crippen LogP contribution in [0.3, 0.4) is 0 Å². The van der Waals surface area contributed by atoms with Gasteiger partial charge < -0.3 is 9.47 Å². The number of carbonyl (C=O) groups is 1. The summed E-state index contributed by atoms with van der Waals surface area (Å²) in [6.07, 6.45) is 9.00. The van der Waals surface area contributed by atoms with Crippen molar-refractivity contribution in [2.45, 2.75) is 72.5 Å². The van der Waals surface area contributed by atoms with E-state index in [-0.39, 0.29) is 6.29 Å². The average molecular weight is 377 g/mol. The van der Waals surface area contributed by atoms with Gasteiger partial charge in [-0.2, -0.15) is 0 Å². The molecule has 0 bridgehead atoms. The number of hydrogen-bond donors (Lipinski definition) is 0. The van der Waals surface area contributed by atoms with E-state index in [2.05, 4.69) is 32.2 Å². The molecule has 27 heavy (non-hydrogen) atoms. The van der Waals surface area contributed by atoms with Gasteiger partial charge in [0.05, 0.1) is 0 Å². The molecule has 0 aliphatic heterocycles. The van der Waals surface area contributed by atoms with Crippen LogP contribution in [0, 0.1) is 11.8 Å². The molecule has 0 spiro atoms. The minimum atomic E-state index is -0.0370. The van der Waals surface area contributed by atoms with Gasteiger partial charge >= 0.3 is 0 Å². The summed E-state index contributed by atoms with van der Waals surface area (Å²) in [5, 5.41) is 0. The SMILES string of the molecule is C=C.CCC1CCCC(Cc2ccc(C=O)cc2)C1.CCOC(C)OCC. The summed E-state index contributed by atoms with van der Waals surface area (Å²) >= 11 is 0. The van der Waals surface area contributed by atoms with Gasteiger partial charge in [0.15, 0.2) is 6.29 Å². The highest BCUT2D eigenvalue weighted by molar-refractivity contribution is 5.74. The molecule has 1 aromatic rings. The van der Waals surface area contributed by atoms with E-state index in [0.717, 1.165) is 36.9 Å². The molecule has 3 nitrogen and oxygen atoms in total. The number of benzene rings is 1. The third-order valence-electron chi connectivity index (χ3n) is 4.91. The van der Waals surface area contributed by atoms with Crippen LogP contribution in [0.2, 0.25) is 0 Å². The predicted octanol–water partition coefficient (Wildman–Crippen LogP) is 6.47. The molecule has 2 unspecified atom stereocenters. The van der Waals surface area contributed by atoms with Crippen LogP contribution in [0.4, 0.5) is 0 Å². The van der Waals surface area contributed by atoms with Crippen molar-refractivity contribution in [2.24, 2.45) is 11.8 Å². The van der Waals surface area contributed by atoms with Crippen molar-refractivity contribution in [3.05, 3.63) is 48.6 Å². The lowest BCUT2D eigenvalue weighted by Crippen LogP contribution is -2.16. The Bertz CT molecular complexity index is 463. The van der Waals surface area contributed by atoms with Crippen LogP contribution < -0.4 is 0 Å². The van der Waals surface area contributed by atoms with Gasteiger partial charge in [0.25, 0.3) is 0 Å². The Labute approximate surface area is 167 Å². The summed E-state index contributed by atoms with van der Waals surface area (Å²) in [4.78, 5) is 10.6. The zero-order valence-electron chi connectivity index (χ0n) is 17.9. The second-order valence-electron chi connectivity index (χ2n) is 6.85. The minimum Gasteiger partial charge on any atom is -0.353 e. The smallest absolute Gasteiger partial charge is 0.154 e. The Kier molecular flexibility index (Phi) is 15.8. The molecule has 1 aromatic carbocycles. The van der Waals surface area contributed by atoms with Crippen LogP contribution in [0.15, 0.2) is 37.4 Å². The van der Waals surface area contributed by atoms with Gasteiger partial charge in [0.1, 0.15) is 6.29 Å². The molecule has 1 aliphatic rings. The van der Waals surface area contributed by atoms with Crippen molar-refractivity contribution < 1.29 is 14.3 Å². The van der Waals surface area contributed by atoms with Crippen molar-refractivity contribution in [3.8, 4) is 0 Å². The van der Waals surface area contributed by atoms with E-state index >= 15 is 0 Å². The van der Waals surface area contributed by atoms with E-state index in [1.165, 1.54) is 44.1 Å². The number of ether oxygens (including phenoxy) is 2. The van der Waals surface area contributed by atoms with Crippen LogP contribution in [-0.2, 0) is 15.9 Å². The monoisotopic (exact) mass is 376 g/mol. The van der Waals surface area contributed by atoms with Crippen molar-refractivity contribution in [2.75, 3.05) is 13.2 Å². The van der Waals surface area contributed by atoms with E-state index in [0.29, 0.717) is 0 Å². The first kappa shape index (κ1) is 25.6. The van der Waals surface area contributed by atoms with Crippen molar-refractivity contribution >= 4 is 6.29 Å². The molecule has 0 amide bonds. The van der Waals surface area contributed by atoms with E-state index in [1.807, 2.05) is 32.9 Å². The molecule has 2 rings (SSSR count). The summed E-state index contributed by atoms with van der Waals surface area (Å²) in [5.74, 6) is 1.80. The molecule has 1 saturated carbocycles. The number of hydrogen-bond acceptors (Lipinski definition) is 3. The van der Waals surface area contributed by atoms with Gasteiger partial charge in [-0.05, 0) is 51.0 Å². The summed E-state index contributed by atoms with van der Waals surface area (Å²) in [5.41, 5.74) is 2.17. The second kappa shape index (κ2) is 16.7. The van der Waals surface area contributed by atoms with Gasteiger partial charge in [0.2, 0.25) is 0 Å². The topological polar surface area (TPSA) is 35.5 Å². The molecule has 2 atom stereocenters. The van der Waals surface area contributed by atoms with E-state index in [9.17, 15) is 4.79 Å². The Morgan fingerprint density at radius 1 is 1.04 bits per heavy atom. The summed E-state index contributed by atoms with van der Waals surface area (Å²) in [6, 6.07) is 8.09. The van der Waals surface area contributed by atoms with Crippen molar-refractivity contribution in [1.82, 2.24) is 0 Å². The summed E-state index contributed by atoms with van der Waals surface area (Å²) in [6.45, 7) is 15.6. The second-order valence-corrected chi connectivity index (χ2v) is 6.85. The molecule has 0 N–H and O–H groups in total. The van der Waals surface area contributed by atoms with Crippen molar-refractivity contribution in [3.63, 3.8) is 0 Å². The highest BCUT2D eigenvalue weighted by atomic mass is 16.7. The number of rotatable bonds is 8. The van der Waals surface area contributed by atoms with Crippen LogP contribution in [0.1, 0.15) is 75.7 Å². The maximum atomic E-state index is 10.6. The first-order chi connectivity index (χ1) is 13.1. The molecule has 0 radical (unpaired) electrons. The van der Waals surface area contributed by atoms with Crippen LogP contribution in [0.5, 0.6) is 0 Å². The number of carbonyl (C=O) groups excluding carboxylic acids is 1. The fourth-order valence-corrected chi connectivity index (χ4v) is 3.54. The van der Waals surface area contributed by atoms with Crippen molar-refractivity contribution in [1.29, 1.82) is 0 Å². The quantitative estimate of drug-likeness (QED) is 0.296. The third-order valence-corrected chi connectivity index (χ3v) is 4.91. The molecule has 3 heteroatoms. The number of aldehydes is 1. The maximum absolute atomic E-state index is 10.6. The van der Waals surface area contributed by atoms with Crippen LogP contribution in [0.25, 0.3) is 0 Å². The molecule has 1 fully saturated rings. The van der Waals surface area contributed by atoms with E-state index in [1.54, 1.807) is 0 Å². The van der Waals surface area contributed by atoms with Gasteiger partial charge in [-0.15, -0.1) is 13.2 Å². The molecule has 0 heterocycles. The zero-order chi connectivity index (χ0) is 20.5. The lowest BCUT2D eigenvalue weighted by atomic mass is 9.77. The van der Waals surface area contributed by atoms with Gasteiger partial charge in [-0.25, -0.2) is 0 Å². The fourth-order valence-electron chi connectivity index (χ4n) is 3.54. The predicted molar refractivity (Wildman–Crippen MR) is 115 cm³/mol. The molecule has 1 aliphatic carbocycles. The lowest BCUT2D eigenvalue weighted by molar-refractivity contribution is -0.123. The summed E-state index contributed by atoms with van der Waals surface area (Å²) in [7, 11) is 0. The van der Waals surface area contributed by atoms with Crippen LogP contribution in [-0.4, -0.2) is 25.8 Å². The van der Waals surface area contributed by atoms with Gasteiger partial charge in [-0.1, -0.05) is 56.9 Å². The average Bonchev–Trinajstić information content (AvgIpc) is 2.71. The standard InChI is InChI=1S/C16H22O.C6H14O2.C2H4/c1-2-13-4-3-5-16(10-13)11-14-6-8-15(12-17)9-7-14;1-4-7-6(3)8-5-2;1-2/h6-9,12-13,16H,2-5,10-11H2,1H3;6H,4-5H2,1-3H3;1-2H2. The molecular formula is C24H40O3. The van der Waals surface area contributed by atoms with Gasteiger partial charge in [-0.3, -0.25) is 4.79 Å². The first-order valence-corrected chi connectivity index (χ1v) is 10.4. The first-order valence-electron chi connectivity index (χ1n) is 10.4. The largest absolute Gasteiger partial charge is 0.353 e. The highest BCUT2D eigenvalue weighted by Crippen LogP contribution is 2.32. The molecule has 0 aromatic heterocycles. The Morgan fingerprint density at radius 2 is 1.59 bits per heavy atom. The van der Waals surface area contributed by atoms with Crippen LogP contribution >= 0.6 is 0 Å². The van der Waals surface area contributed by atoms with Gasteiger partial charge in [0, 0.05) is 18.8 Å². The minimum absolute atomic E-state index is 0.0370. The van der Waals surface area contributed by atoms with E-state index in [4.69, 9.17) is 9.47 Å². The molecular weight excluding hydrogens is 336 g/mol. The Morgan fingerprint density at radius 3 is 2.07 bits per heavy atom. The Hall–Kier alpha value is -1.45. The normalized spacial score (nSPS) is 18.7. The summed E-state index contributed by atoms with van der Waals surface area (Å²) < 4.78 is 10.1. The Balaban J connectivity index is 0.000000574. The molecule has 154 valence electrons. The fraction of sp³-hybridized carbons (Fsp3) is 0.625. The lowest BCUT2D eigenvalue weighted by Gasteiger charge is -2.28.